The van der Waals surface area contributed by atoms with Crippen LogP contribution in [0.5, 0.6) is 0 Å². The molecule has 0 saturated heterocycles. The van der Waals surface area contributed by atoms with Crippen LogP contribution in [0.3, 0.4) is 0 Å². The average Bonchev–Trinajstić information content (AvgIpc) is 3.48. The molecule has 2 atom stereocenters. The van der Waals surface area contributed by atoms with Gasteiger partial charge in [-0.1, -0.05) is 67.6 Å². The highest BCUT2D eigenvalue weighted by Gasteiger charge is 2.44. The summed E-state index contributed by atoms with van der Waals surface area (Å²) in [6, 6.07) is 22.8. The minimum absolute atomic E-state index is 0.0630. The molecule has 2 N–H and O–H groups in total. The number of fused-ring (bicyclic) bond motifs is 1. The Hall–Kier alpha value is -2.65. The van der Waals surface area contributed by atoms with Gasteiger partial charge in [-0.25, -0.2) is 0 Å². The van der Waals surface area contributed by atoms with E-state index in [0.717, 1.165) is 30.8 Å². The Kier molecular flexibility index (Phi) is 4.72. The van der Waals surface area contributed by atoms with Crippen molar-refractivity contribution in [3.05, 3.63) is 77.9 Å². The quantitative estimate of drug-likeness (QED) is 0.681. The fourth-order valence-electron chi connectivity index (χ4n) is 3.68. The lowest BCUT2D eigenvalue weighted by molar-refractivity contribution is -0.117. The van der Waals surface area contributed by atoms with Gasteiger partial charge in [0.05, 0.1) is 0 Å². The molecule has 3 nitrogen and oxygen atoms in total. The maximum atomic E-state index is 12.8. The highest BCUT2D eigenvalue weighted by Crippen LogP contribution is 2.50. The summed E-state index contributed by atoms with van der Waals surface area (Å²) in [5, 5.41) is 8.99. The Balaban J connectivity index is 1.50. The predicted molar refractivity (Wildman–Crippen MR) is 107 cm³/mol. The molecule has 1 aliphatic carbocycles. The maximum Gasteiger partial charge on any atom is 0.228 e. The second kappa shape index (κ2) is 7.30. The van der Waals surface area contributed by atoms with Gasteiger partial charge in [0.1, 0.15) is 0 Å². The highest BCUT2D eigenvalue weighted by atomic mass is 16.2. The van der Waals surface area contributed by atoms with Crippen LogP contribution in [-0.4, -0.2) is 12.5 Å². The molecule has 0 bridgehead atoms. The molecule has 0 heterocycles. The van der Waals surface area contributed by atoms with Crippen molar-refractivity contribution in [2.24, 2.45) is 5.92 Å². The van der Waals surface area contributed by atoms with Crippen LogP contribution in [-0.2, 0) is 11.3 Å². The lowest BCUT2D eigenvalue weighted by Gasteiger charge is -2.12. The first-order valence-electron chi connectivity index (χ1n) is 9.35. The number of hydrogen-bond acceptors (Lipinski definition) is 2. The van der Waals surface area contributed by atoms with Crippen molar-refractivity contribution in [3.63, 3.8) is 0 Å². The summed E-state index contributed by atoms with van der Waals surface area (Å²) in [7, 11) is 0. The minimum Gasteiger partial charge on any atom is -0.326 e. The first-order valence-corrected chi connectivity index (χ1v) is 9.35. The van der Waals surface area contributed by atoms with Gasteiger partial charge in [-0.15, -0.1) is 0 Å². The van der Waals surface area contributed by atoms with E-state index in [1.807, 2.05) is 18.2 Å². The van der Waals surface area contributed by atoms with Crippen molar-refractivity contribution in [1.82, 2.24) is 5.32 Å². The molecule has 3 aromatic rings. The fraction of sp³-hybridized carbons (Fsp3) is 0.261. The molecular weight excluding hydrogens is 320 g/mol. The number of hydrogen-bond donors (Lipinski definition) is 2. The molecule has 1 aliphatic rings. The standard InChI is InChI=1S/C23H24N2O/c1-2-24-15-17-9-4-6-13-22(17)25-23(26)21-14-20(21)19-12-7-10-16-8-3-5-11-18(16)19/h3-13,20-21,24H,2,14-15H2,1H3,(H,25,26). The van der Waals surface area contributed by atoms with E-state index < -0.39 is 0 Å². The number of para-hydroxylation sites is 1. The zero-order valence-electron chi connectivity index (χ0n) is 15.0. The number of nitrogens with one attached hydrogen (secondary N) is 2. The number of carbonyl (C=O) groups excluding carboxylic acids is 1. The van der Waals surface area contributed by atoms with Gasteiger partial charge in [0.15, 0.2) is 0 Å². The van der Waals surface area contributed by atoms with Crippen LogP contribution in [0.1, 0.15) is 30.4 Å². The number of amides is 1. The van der Waals surface area contributed by atoms with Gasteiger partial charge < -0.3 is 10.6 Å². The van der Waals surface area contributed by atoms with Gasteiger partial charge in [-0.05, 0) is 46.8 Å². The van der Waals surface area contributed by atoms with Gasteiger partial charge in [0, 0.05) is 18.2 Å². The third-order valence-corrected chi connectivity index (χ3v) is 5.19. The lowest BCUT2D eigenvalue weighted by Crippen LogP contribution is -2.18. The Morgan fingerprint density at radius 2 is 1.77 bits per heavy atom. The SMILES string of the molecule is CCNCc1ccccc1NC(=O)C1CC1c1cccc2ccccc12. The van der Waals surface area contributed by atoms with Crippen molar-refractivity contribution >= 4 is 22.4 Å². The molecule has 0 aliphatic heterocycles. The van der Waals surface area contributed by atoms with Gasteiger partial charge >= 0.3 is 0 Å². The van der Waals surface area contributed by atoms with E-state index in [2.05, 4.69) is 66.1 Å². The van der Waals surface area contributed by atoms with Crippen molar-refractivity contribution in [2.75, 3.05) is 11.9 Å². The van der Waals surface area contributed by atoms with E-state index in [1.165, 1.54) is 16.3 Å². The normalized spacial score (nSPS) is 18.7. The molecule has 4 rings (SSSR count). The molecule has 1 saturated carbocycles. The first kappa shape index (κ1) is 16.8. The zero-order valence-corrected chi connectivity index (χ0v) is 15.0. The smallest absolute Gasteiger partial charge is 0.228 e. The third-order valence-electron chi connectivity index (χ3n) is 5.19. The Morgan fingerprint density at radius 3 is 2.65 bits per heavy atom. The van der Waals surface area contributed by atoms with E-state index in [4.69, 9.17) is 0 Å². The molecule has 0 spiro atoms. The fourth-order valence-corrected chi connectivity index (χ4v) is 3.68. The molecule has 3 heteroatoms. The van der Waals surface area contributed by atoms with Crippen LogP contribution in [0.2, 0.25) is 0 Å². The highest BCUT2D eigenvalue weighted by molar-refractivity contribution is 5.97. The maximum absolute atomic E-state index is 12.8. The van der Waals surface area contributed by atoms with Gasteiger partial charge in [-0.3, -0.25) is 4.79 Å². The molecule has 1 amide bonds. The van der Waals surface area contributed by atoms with Gasteiger partial charge in [0.2, 0.25) is 5.91 Å². The monoisotopic (exact) mass is 344 g/mol. The molecular formula is C23H24N2O. The van der Waals surface area contributed by atoms with Crippen LogP contribution in [0.25, 0.3) is 10.8 Å². The number of carbonyl (C=O) groups is 1. The Bertz CT molecular complexity index is 929. The molecule has 2 unspecified atom stereocenters. The zero-order chi connectivity index (χ0) is 17.9. The van der Waals surface area contributed by atoms with Crippen molar-refractivity contribution < 1.29 is 4.79 Å². The van der Waals surface area contributed by atoms with Crippen LogP contribution < -0.4 is 10.6 Å². The van der Waals surface area contributed by atoms with Crippen LogP contribution >= 0.6 is 0 Å². The van der Waals surface area contributed by atoms with Crippen molar-refractivity contribution in [1.29, 1.82) is 0 Å². The van der Waals surface area contributed by atoms with Gasteiger partial charge in [-0.2, -0.15) is 0 Å². The predicted octanol–water partition coefficient (Wildman–Crippen LogP) is 4.69. The largest absolute Gasteiger partial charge is 0.326 e. The summed E-state index contributed by atoms with van der Waals surface area (Å²) in [5.41, 5.74) is 3.34. The second-order valence-electron chi connectivity index (χ2n) is 6.94. The summed E-state index contributed by atoms with van der Waals surface area (Å²) < 4.78 is 0. The van der Waals surface area contributed by atoms with E-state index >= 15 is 0 Å². The number of anilines is 1. The van der Waals surface area contributed by atoms with Crippen molar-refractivity contribution in [3.8, 4) is 0 Å². The number of benzene rings is 3. The van der Waals surface area contributed by atoms with E-state index in [0.29, 0.717) is 5.92 Å². The van der Waals surface area contributed by atoms with E-state index in [-0.39, 0.29) is 11.8 Å². The minimum atomic E-state index is 0.0630. The molecule has 0 radical (unpaired) electrons. The Morgan fingerprint density at radius 1 is 1.00 bits per heavy atom. The van der Waals surface area contributed by atoms with E-state index in [1.54, 1.807) is 0 Å². The number of rotatable bonds is 6. The molecule has 26 heavy (non-hydrogen) atoms. The Labute approximate surface area is 154 Å². The first-order chi connectivity index (χ1) is 12.8. The molecule has 132 valence electrons. The summed E-state index contributed by atoms with van der Waals surface area (Å²) in [6.45, 7) is 3.76. The van der Waals surface area contributed by atoms with Crippen molar-refractivity contribution in [2.45, 2.75) is 25.8 Å². The molecule has 1 fully saturated rings. The van der Waals surface area contributed by atoms with Crippen LogP contribution in [0.4, 0.5) is 5.69 Å². The summed E-state index contributed by atoms with van der Waals surface area (Å²) >= 11 is 0. The topological polar surface area (TPSA) is 41.1 Å². The van der Waals surface area contributed by atoms with Crippen LogP contribution in [0, 0.1) is 5.92 Å². The second-order valence-corrected chi connectivity index (χ2v) is 6.94. The summed E-state index contributed by atoms with van der Waals surface area (Å²) in [6.07, 6.45) is 0.926. The summed E-state index contributed by atoms with van der Waals surface area (Å²) in [4.78, 5) is 12.8. The van der Waals surface area contributed by atoms with Gasteiger partial charge in [0.25, 0.3) is 0 Å². The molecule has 3 aromatic carbocycles. The third kappa shape index (κ3) is 3.35. The van der Waals surface area contributed by atoms with Crippen LogP contribution in [0.15, 0.2) is 66.7 Å². The van der Waals surface area contributed by atoms with E-state index in [9.17, 15) is 4.79 Å². The molecule has 0 aromatic heterocycles. The average molecular weight is 344 g/mol. The summed E-state index contributed by atoms with van der Waals surface area (Å²) in [5.74, 6) is 0.516. The lowest BCUT2D eigenvalue weighted by atomic mass is 10.00.